The van der Waals surface area contributed by atoms with Gasteiger partial charge in [-0.3, -0.25) is 0 Å². The van der Waals surface area contributed by atoms with Crippen molar-refractivity contribution in [1.29, 1.82) is 0 Å². The molecule has 2 rings (SSSR count). The van der Waals surface area contributed by atoms with E-state index in [0.717, 1.165) is 21.2 Å². The third kappa shape index (κ3) is 6.18. The second-order valence-corrected chi connectivity index (χ2v) is 6.51. The minimum absolute atomic E-state index is 0.271. The van der Waals surface area contributed by atoms with Crippen molar-refractivity contribution in [1.82, 2.24) is 5.32 Å². The van der Waals surface area contributed by atoms with Gasteiger partial charge in [0.25, 0.3) is 0 Å². The fraction of sp³-hybridized carbons (Fsp3) is 0.250. The van der Waals surface area contributed by atoms with Crippen LogP contribution in [0.4, 0.5) is 0 Å². The van der Waals surface area contributed by atoms with Crippen molar-refractivity contribution in [3.05, 3.63) is 63.0 Å². The van der Waals surface area contributed by atoms with Crippen molar-refractivity contribution in [3.63, 3.8) is 0 Å². The van der Waals surface area contributed by atoms with Crippen LogP contribution in [0.3, 0.4) is 0 Å². The predicted octanol–water partition coefficient (Wildman–Crippen LogP) is 3.74. The fourth-order valence-corrected chi connectivity index (χ4v) is 2.52. The molecule has 5 heteroatoms. The van der Waals surface area contributed by atoms with E-state index >= 15 is 0 Å². The van der Waals surface area contributed by atoms with E-state index in [1.165, 1.54) is 5.56 Å². The second-order valence-electron chi connectivity index (χ2n) is 4.68. The van der Waals surface area contributed by atoms with Gasteiger partial charge in [0.1, 0.15) is 18.5 Å². The standard InChI is InChI=1S/C16H17Br2NO2/c17-13-4-6-16(7-5-13)21-11-15(20)10-19-9-12-2-1-3-14(18)8-12/h1-8,15,19-20H,9-11H2. The summed E-state index contributed by atoms with van der Waals surface area (Å²) < 4.78 is 7.59. The molecule has 0 aliphatic rings. The molecular formula is C16H17Br2NO2. The minimum Gasteiger partial charge on any atom is -0.491 e. The fourth-order valence-electron chi connectivity index (χ4n) is 1.81. The highest BCUT2D eigenvalue weighted by molar-refractivity contribution is 9.10. The topological polar surface area (TPSA) is 41.5 Å². The van der Waals surface area contributed by atoms with E-state index in [1.54, 1.807) is 0 Å². The van der Waals surface area contributed by atoms with Crippen molar-refractivity contribution in [2.24, 2.45) is 0 Å². The number of benzene rings is 2. The lowest BCUT2D eigenvalue weighted by atomic mass is 10.2. The van der Waals surface area contributed by atoms with Crippen molar-refractivity contribution in [2.75, 3.05) is 13.2 Å². The average molecular weight is 415 g/mol. The lowest BCUT2D eigenvalue weighted by Crippen LogP contribution is -2.31. The number of aliphatic hydroxyl groups excluding tert-OH is 1. The van der Waals surface area contributed by atoms with E-state index in [-0.39, 0.29) is 6.61 Å². The molecule has 1 atom stereocenters. The van der Waals surface area contributed by atoms with Crippen molar-refractivity contribution >= 4 is 31.9 Å². The molecule has 0 fully saturated rings. The van der Waals surface area contributed by atoms with E-state index in [2.05, 4.69) is 43.2 Å². The van der Waals surface area contributed by atoms with Crippen LogP contribution >= 0.6 is 31.9 Å². The monoisotopic (exact) mass is 413 g/mol. The van der Waals surface area contributed by atoms with Gasteiger partial charge in [0.15, 0.2) is 0 Å². The lowest BCUT2D eigenvalue weighted by Gasteiger charge is -2.13. The first-order valence-electron chi connectivity index (χ1n) is 6.65. The summed E-state index contributed by atoms with van der Waals surface area (Å²) >= 11 is 6.81. The molecule has 0 spiro atoms. The Hall–Kier alpha value is -0.880. The number of nitrogens with one attached hydrogen (secondary N) is 1. The molecule has 0 aliphatic carbocycles. The number of ether oxygens (including phenoxy) is 1. The van der Waals surface area contributed by atoms with Crippen LogP contribution in [0.5, 0.6) is 5.75 Å². The number of hydrogen-bond acceptors (Lipinski definition) is 3. The Labute approximate surface area is 141 Å². The van der Waals surface area contributed by atoms with Gasteiger partial charge in [0, 0.05) is 22.0 Å². The van der Waals surface area contributed by atoms with Crippen LogP contribution in [-0.2, 0) is 6.54 Å². The van der Waals surface area contributed by atoms with Gasteiger partial charge in [-0.25, -0.2) is 0 Å². The zero-order chi connectivity index (χ0) is 15.1. The molecule has 112 valence electrons. The molecule has 0 heterocycles. The zero-order valence-corrected chi connectivity index (χ0v) is 14.6. The van der Waals surface area contributed by atoms with Crippen LogP contribution in [0.1, 0.15) is 5.56 Å². The number of hydrogen-bond donors (Lipinski definition) is 2. The molecule has 1 unspecified atom stereocenters. The van der Waals surface area contributed by atoms with Gasteiger partial charge in [-0.1, -0.05) is 44.0 Å². The second kappa shape index (κ2) is 8.54. The molecule has 0 amide bonds. The summed E-state index contributed by atoms with van der Waals surface area (Å²) in [7, 11) is 0. The summed E-state index contributed by atoms with van der Waals surface area (Å²) in [4.78, 5) is 0. The van der Waals surface area contributed by atoms with Crippen molar-refractivity contribution in [2.45, 2.75) is 12.6 Å². The van der Waals surface area contributed by atoms with Gasteiger partial charge in [0.2, 0.25) is 0 Å². The maximum Gasteiger partial charge on any atom is 0.119 e. The molecule has 0 radical (unpaired) electrons. The van der Waals surface area contributed by atoms with Crippen molar-refractivity contribution < 1.29 is 9.84 Å². The summed E-state index contributed by atoms with van der Waals surface area (Å²) in [6, 6.07) is 15.6. The normalized spacial score (nSPS) is 12.1. The van der Waals surface area contributed by atoms with E-state index in [4.69, 9.17) is 4.74 Å². The van der Waals surface area contributed by atoms with Crippen LogP contribution in [-0.4, -0.2) is 24.4 Å². The molecule has 21 heavy (non-hydrogen) atoms. The SMILES string of the molecule is OC(CNCc1cccc(Br)c1)COc1ccc(Br)cc1. The van der Waals surface area contributed by atoms with E-state index in [9.17, 15) is 5.11 Å². The Morgan fingerprint density at radius 2 is 1.81 bits per heavy atom. The third-order valence-electron chi connectivity index (χ3n) is 2.85. The Morgan fingerprint density at radius 1 is 1.05 bits per heavy atom. The van der Waals surface area contributed by atoms with Crippen LogP contribution in [0.2, 0.25) is 0 Å². The van der Waals surface area contributed by atoms with Crippen LogP contribution in [0.15, 0.2) is 57.5 Å². The first-order valence-corrected chi connectivity index (χ1v) is 8.23. The number of rotatable bonds is 7. The van der Waals surface area contributed by atoms with Crippen LogP contribution < -0.4 is 10.1 Å². The van der Waals surface area contributed by atoms with Crippen molar-refractivity contribution in [3.8, 4) is 5.75 Å². The molecule has 0 saturated heterocycles. The highest BCUT2D eigenvalue weighted by atomic mass is 79.9. The summed E-state index contributed by atoms with van der Waals surface area (Å²) in [5.41, 5.74) is 1.17. The number of halogens is 2. The molecule has 2 aromatic carbocycles. The summed E-state index contributed by atoms with van der Waals surface area (Å²) in [5, 5.41) is 13.1. The largest absolute Gasteiger partial charge is 0.491 e. The van der Waals surface area contributed by atoms with E-state index < -0.39 is 6.10 Å². The Balaban J connectivity index is 1.67. The van der Waals surface area contributed by atoms with Crippen LogP contribution in [0.25, 0.3) is 0 Å². The van der Waals surface area contributed by atoms with Gasteiger partial charge in [0.05, 0.1) is 0 Å². The third-order valence-corrected chi connectivity index (χ3v) is 3.88. The maximum atomic E-state index is 9.89. The molecular weight excluding hydrogens is 398 g/mol. The minimum atomic E-state index is -0.541. The molecule has 0 aromatic heterocycles. The van der Waals surface area contributed by atoms with E-state index in [0.29, 0.717) is 6.54 Å². The van der Waals surface area contributed by atoms with E-state index in [1.807, 2.05) is 42.5 Å². The average Bonchev–Trinajstić information content (AvgIpc) is 2.47. The zero-order valence-electron chi connectivity index (χ0n) is 11.4. The highest BCUT2D eigenvalue weighted by Gasteiger charge is 2.05. The van der Waals surface area contributed by atoms with Gasteiger partial charge >= 0.3 is 0 Å². The Kier molecular flexibility index (Phi) is 6.70. The molecule has 0 bridgehead atoms. The first kappa shape index (κ1) is 16.5. The summed E-state index contributed by atoms with van der Waals surface area (Å²) in [6.45, 7) is 1.48. The number of aliphatic hydroxyl groups is 1. The van der Waals surface area contributed by atoms with Gasteiger partial charge in [-0.15, -0.1) is 0 Å². The summed E-state index contributed by atoms with van der Waals surface area (Å²) in [5.74, 6) is 0.754. The van der Waals surface area contributed by atoms with Gasteiger partial charge in [-0.2, -0.15) is 0 Å². The predicted molar refractivity (Wildman–Crippen MR) is 91.5 cm³/mol. The Morgan fingerprint density at radius 3 is 2.52 bits per heavy atom. The molecule has 2 aromatic rings. The highest BCUT2D eigenvalue weighted by Crippen LogP contribution is 2.16. The lowest BCUT2D eigenvalue weighted by molar-refractivity contribution is 0.106. The maximum absolute atomic E-state index is 9.89. The molecule has 0 saturated carbocycles. The van der Waals surface area contributed by atoms with Gasteiger partial charge in [-0.05, 0) is 42.0 Å². The molecule has 2 N–H and O–H groups in total. The smallest absolute Gasteiger partial charge is 0.119 e. The summed E-state index contributed by atoms with van der Waals surface area (Å²) in [6.07, 6.45) is -0.541. The molecule has 0 aliphatic heterocycles. The Bertz CT molecular complexity index is 560. The first-order chi connectivity index (χ1) is 10.1. The van der Waals surface area contributed by atoms with Gasteiger partial charge < -0.3 is 15.2 Å². The quantitative estimate of drug-likeness (QED) is 0.725. The molecule has 3 nitrogen and oxygen atoms in total. The van der Waals surface area contributed by atoms with Crippen LogP contribution in [0, 0.1) is 0 Å².